The Balaban J connectivity index is 2.25. The lowest BCUT2D eigenvalue weighted by Gasteiger charge is -2.08. The summed E-state index contributed by atoms with van der Waals surface area (Å²) in [4.78, 5) is 4.50. The molecule has 1 aromatic carbocycles. The van der Waals surface area contributed by atoms with Crippen molar-refractivity contribution in [2.75, 3.05) is 7.11 Å². The molecule has 100 valence electrons. The van der Waals surface area contributed by atoms with Crippen LogP contribution in [0.3, 0.4) is 0 Å². The van der Waals surface area contributed by atoms with Gasteiger partial charge in [0.05, 0.1) is 7.11 Å². The molecule has 0 aliphatic carbocycles. The van der Waals surface area contributed by atoms with Gasteiger partial charge in [0, 0.05) is 29.7 Å². The molecule has 0 aliphatic heterocycles. The number of hydrogen-bond acceptors (Lipinski definition) is 2. The van der Waals surface area contributed by atoms with E-state index < -0.39 is 0 Å². The van der Waals surface area contributed by atoms with Crippen LogP contribution in [0.4, 0.5) is 5.69 Å². The smallest absolute Gasteiger partial charge is 0.144 e. The van der Waals surface area contributed by atoms with Gasteiger partial charge in [0.15, 0.2) is 0 Å². The third-order valence-corrected chi connectivity index (χ3v) is 3.07. The molecule has 3 nitrogen and oxygen atoms in total. The van der Waals surface area contributed by atoms with Gasteiger partial charge in [0.25, 0.3) is 0 Å². The van der Waals surface area contributed by atoms with Crippen molar-refractivity contribution in [3.05, 3.63) is 47.8 Å². The van der Waals surface area contributed by atoms with E-state index in [1.807, 2.05) is 30.5 Å². The van der Waals surface area contributed by atoms with Crippen LogP contribution in [0, 0.1) is 6.92 Å². The molecule has 0 aliphatic rings. The minimum atomic E-state index is 0.466. The van der Waals surface area contributed by atoms with Gasteiger partial charge in [-0.2, -0.15) is 0 Å². The second kappa shape index (κ2) is 5.74. The van der Waals surface area contributed by atoms with Gasteiger partial charge in [-0.3, -0.25) is 4.99 Å². The maximum absolute atomic E-state index is 5.28. The van der Waals surface area contributed by atoms with Gasteiger partial charge in [-0.15, -0.1) is 0 Å². The maximum Gasteiger partial charge on any atom is 0.144 e. The van der Waals surface area contributed by atoms with Crippen LogP contribution in [-0.4, -0.2) is 17.9 Å². The van der Waals surface area contributed by atoms with E-state index in [2.05, 4.69) is 42.6 Å². The number of rotatable bonds is 4. The predicted molar refractivity (Wildman–Crippen MR) is 79.8 cm³/mol. The molecule has 0 fully saturated rings. The van der Waals surface area contributed by atoms with Crippen molar-refractivity contribution < 1.29 is 4.74 Å². The van der Waals surface area contributed by atoms with Crippen molar-refractivity contribution in [3.63, 3.8) is 0 Å². The molecule has 2 aromatic rings. The summed E-state index contributed by atoms with van der Waals surface area (Å²) < 4.78 is 7.52. The number of hydrogen-bond donors (Lipinski definition) is 0. The molecule has 0 bridgehead atoms. The zero-order valence-electron chi connectivity index (χ0n) is 11.9. The van der Waals surface area contributed by atoms with Gasteiger partial charge in [-0.1, -0.05) is 12.1 Å². The third kappa shape index (κ3) is 3.05. The monoisotopic (exact) mass is 256 g/mol. The minimum absolute atomic E-state index is 0.466. The fourth-order valence-corrected chi connectivity index (χ4v) is 2.12. The van der Waals surface area contributed by atoms with Crippen LogP contribution in [0.1, 0.15) is 31.1 Å². The summed E-state index contributed by atoms with van der Waals surface area (Å²) in [7, 11) is 1.66. The number of aliphatic imine (C=N–C) groups is 1. The number of para-hydroxylation sites is 2. The minimum Gasteiger partial charge on any atom is -0.494 e. The first-order valence-electron chi connectivity index (χ1n) is 6.47. The van der Waals surface area contributed by atoms with Crippen LogP contribution in [0.15, 0.2) is 41.5 Å². The average molecular weight is 256 g/mol. The van der Waals surface area contributed by atoms with Gasteiger partial charge < -0.3 is 9.30 Å². The highest BCUT2D eigenvalue weighted by molar-refractivity contribution is 5.82. The van der Waals surface area contributed by atoms with E-state index in [9.17, 15) is 0 Å². The lowest BCUT2D eigenvalue weighted by molar-refractivity contribution is 0.416. The highest BCUT2D eigenvalue weighted by Crippen LogP contribution is 2.26. The number of aryl methyl sites for hydroxylation is 1. The van der Waals surface area contributed by atoms with Crippen LogP contribution < -0.4 is 4.74 Å². The molecule has 19 heavy (non-hydrogen) atoms. The zero-order valence-corrected chi connectivity index (χ0v) is 11.9. The van der Waals surface area contributed by atoms with Crippen LogP contribution in [0.2, 0.25) is 0 Å². The fourth-order valence-electron chi connectivity index (χ4n) is 2.12. The van der Waals surface area contributed by atoms with Crippen molar-refractivity contribution in [1.29, 1.82) is 0 Å². The molecule has 3 heteroatoms. The first-order valence-corrected chi connectivity index (χ1v) is 6.47. The molecule has 0 radical (unpaired) electrons. The Morgan fingerprint density at radius 2 is 2.00 bits per heavy atom. The third-order valence-electron chi connectivity index (χ3n) is 3.07. The number of aromatic nitrogens is 1. The number of nitrogens with zero attached hydrogens (tertiary/aromatic N) is 2. The standard InChI is InChI=1S/C16H20N2O/c1-12(2)18-11-14(9-13(18)3)10-17-15-7-5-6-8-16(15)19-4/h5-12H,1-4H3. The van der Waals surface area contributed by atoms with Crippen molar-refractivity contribution in [2.24, 2.45) is 4.99 Å². The zero-order chi connectivity index (χ0) is 13.8. The molecule has 0 atom stereocenters. The van der Waals surface area contributed by atoms with Crippen LogP contribution in [0.5, 0.6) is 5.75 Å². The summed E-state index contributed by atoms with van der Waals surface area (Å²) >= 11 is 0. The van der Waals surface area contributed by atoms with Crippen LogP contribution in [0.25, 0.3) is 0 Å². The highest BCUT2D eigenvalue weighted by atomic mass is 16.5. The Morgan fingerprint density at radius 1 is 1.26 bits per heavy atom. The van der Waals surface area contributed by atoms with Crippen LogP contribution in [-0.2, 0) is 0 Å². The van der Waals surface area contributed by atoms with Crippen molar-refractivity contribution in [2.45, 2.75) is 26.8 Å². The Morgan fingerprint density at radius 3 is 2.63 bits per heavy atom. The van der Waals surface area contributed by atoms with Gasteiger partial charge >= 0.3 is 0 Å². The fraction of sp³-hybridized carbons (Fsp3) is 0.312. The second-order valence-corrected chi connectivity index (χ2v) is 4.85. The van der Waals surface area contributed by atoms with E-state index in [0.29, 0.717) is 6.04 Å². The molecule has 0 amide bonds. The molecule has 0 N–H and O–H groups in total. The number of methoxy groups -OCH3 is 1. The van der Waals surface area contributed by atoms with Crippen LogP contribution >= 0.6 is 0 Å². The Labute approximate surface area is 114 Å². The molecular weight excluding hydrogens is 236 g/mol. The first-order chi connectivity index (χ1) is 9.11. The van der Waals surface area contributed by atoms with E-state index in [0.717, 1.165) is 17.0 Å². The molecule has 1 heterocycles. The number of benzene rings is 1. The largest absolute Gasteiger partial charge is 0.494 e. The van der Waals surface area contributed by atoms with Gasteiger partial charge in [0.2, 0.25) is 0 Å². The van der Waals surface area contributed by atoms with Crippen molar-refractivity contribution >= 4 is 11.9 Å². The second-order valence-electron chi connectivity index (χ2n) is 4.85. The lowest BCUT2D eigenvalue weighted by Crippen LogP contribution is -2.00. The summed E-state index contributed by atoms with van der Waals surface area (Å²) in [6.45, 7) is 6.46. The first kappa shape index (κ1) is 13.4. The van der Waals surface area contributed by atoms with E-state index in [4.69, 9.17) is 4.74 Å². The summed E-state index contributed by atoms with van der Waals surface area (Å²) in [6, 6.07) is 10.4. The Kier molecular flexibility index (Phi) is 4.05. The Bertz CT molecular complexity index is 582. The van der Waals surface area contributed by atoms with E-state index >= 15 is 0 Å². The van der Waals surface area contributed by atoms with E-state index in [1.54, 1.807) is 7.11 Å². The van der Waals surface area contributed by atoms with Gasteiger partial charge in [-0.25, -0.2) is 0 Å². The molecule has 1 aromatic heterocycles. The molecule has 0 saturated carbocycles. The predicted octanol–water partition coefficient (Wildman–Crippen LogP) is 4.14. The topological polar surface area (TPSA) is 26.5 Å². The van der Waals surface area contributed by atoms with E-state index in [1.165, 1.54) is 5.69 Å². The molecular formula is C16H20N2O. The average Bonchev–Trinajstić information content (AvgIpc) is 2.78. The molecule has 0 spiro atoms. The number of ether oxygens (including phenoxy) is 1. The SMILES string of the molecule is COc1ccccc1N=Cc1cc(C)n(C(C)C)c1. The summed E-state index contributed by atoms with van der Waals surface area (Å²) in [5.41, 5.74) is 3.20. The maximum atomic E-state index is 5.28. The van der Waals surface area contributed by atoms with Crippen molar-refractivity contribution in [1.82, 2.24) is 4.57 Å². The summed E-state index contributed by atoms with van der Waals surface area (Å²) in [5.74, 6) is 0.791. The van der Waals surface area contributed by atoms with Gasteiger partial charge in [0.1, 0.15) is 11.4 Å². The summed E-state index contributed by atoms with van der Waals surface area (Å²) in [6.07, 6.45) is 4.00. The molecule has 2 rings (SSSR count). The quantitative estimate of drug-likeness (QED) is 0.755. The summed E-state index contributed by atoms with van der Waals surface area (Å²) in [5, 5.41) is 0. The normalized spacial score (nSPS) is 11.4. The molecule has 0 unspecified atom stereocenters. The van der Waals surface area contributed by atoms with Gasteiger partial charge in [-0.05, 0) is 39.0 Å². The lowest BCUT2D eigenvalue weighted by atomic mass is 10.3. The van der Waals surface area contributed by atoms with Crippen molar-refractivity contribution in [3.8, 4) is 5.75 Å². The van der Waals surface area contributed by atoms with E-state index in [-0.39, 0.29) is 0 Å². The Hall–Kier alpha value is -2.03. The molecule has 0 saturated heterocycles. The highest BCUT2D eigenvalue weighted by Gasteiger charge is 2.04.